The van der Waals surface area contributed by atoms with Crippen LogP contribution in [0.1, 0.15) is 104 Å². The molecule has 0 aliphatic heterocycles. The number of rotatable bonds is 15. The molecular weight excluding hydrogens is 272 g/mol. The predicted molar refractivity (Wildman–Crippen MR) is 94.1 cm³/mol. The minimum Gasteiger partial charge on any atom is -0.481 e. The smallest absolute Gasteiger partial charge is 0.303 e. The molecule has 1 aliphatic rings. The summed E-state index contributed by atoms with van der Waals surface area (Å²) in [6, 6.07) is 0. The van der Waals surface area contributed by atoms with Crippen molar-refractivity contribution in [2.75, 3.05) is 0 Å². The fourth-order valence-corrected chi connectivity index (χ4v) is 3.52. The summed E-state index contributed by atoms with van der Waals surface area (Å²) in [6.07, 6.45) is 18.0. The van der Waals surface area contributed by atoms with Crippen molar-refractivity contribution >= 4 is 5.97 Å². The van der Waals surface area contributed by atoms with E-state index in [2.05, 4.69) is 13.8 Å². The number of carbonyl (C=O) groups is 1. The summed E-state index contributed by atoms with van der Waals surface area (Å²) in [5, 5.41) is 8.67. The molecule has 22 heavy (non-hydrogen) atoms. The first-order chi connectivity index (χ1) is 10.6. The maximum Gasteiger partial charge on any atom is 0.303 e. The van der Waals surface area contributed by atoms with E-state index in [1.165, 1.54) is 77.0 Å². The van der Waals surface area contributed by atoms with E-state index in [1.54, 1.807) is 0 Å². The maximum atomic E-state index is 10.5. The van der Waals surface area contributed by atoms with Gasteiger partial charge in [0.05, 0.1) is 0 Å². The molecule has 1 N–H and O–H groups in total. The van der Waals surface area contributed by atoms with Gasteiger partial charge in [-0.3, -0.25) is 4.79 Å². The number of unbranched alkanes of at least 4 members (excludes halogenated alkanes) is 8. The second kappa shape index (κ2) is 12.0. The van der Waals surface area contributed by atoms with Crippen molar-refractivity contribution in [2.45, 2.75) is 104 Å². The minimum absolute atomic E-state index is 0.373. The van der Waals surface area contributed by atoms with Crippen LogP contribution >= 0.6 is 0 Å². The molecule has 0 radical (unpaired) electrons. The number of aliphatic carboxylic acids is 1. The number of carboxylic acid groups (broad SMARTS) is 1. The molecule has 2 heteroatoms. The van der Waals surface area contributed by atoms with Gasteiger partial charge in [0.15, 0.2) is 0 Å². The van der Waals surface area contributed by atoms with Crippen LogP contribution in [0.2, 0.25) is 0 Å². The highest BCUT2D eigenvalue weighted by molar-refractivity contribution is 5.66. The zero-order valence-corrected chi connectivity index (χ0v) is 15.0. The monoisotopic (exact) mass is 310 g/mol. The van der Waals surface area contributed by atoms with Crippen LogP contribution in [-0.4, -0.2) is 11.1 Å². The Hall–Kier alpha value is -0.530. The molecule has 1 fully saturated rings. The van der Waals surface area contributed by atoms with Gasteiger partial charge in [-0.05, 0) is 30.6 Å². The lowest BCUT2D eigenvalue weighted by molar-refractivity contribution is -0.137. The third-order valence-corrected chi connectivity index (χ3v) is 5.15. The molecule has 1 rings (SSSR count). The Labute approximate surface area is 138 Å². The van der Waals surface area contributed by atoms with Crippen LogP contribution in [0.3, 0.4) is 0 Å². The standard InChI is InChI=1S/C20H38O2/c1-17(2)12-10-8-6-4-3-5-7-9-11-13-18-16-19(18)14-15-20(21)22/h17-19H,3-16H2,1-2H3,(H,21,22)/t18-,19-/m1/s1. The molecule has 0 spiro atoms. The third-order valence-electron chi connectivity index (χ3n) is 5.15. The molecule has 0 bridgehead atoms. The molecule has 0 aromatic rings. The van der Waals surface area contributed by atoms with Gasteiger partial charge in [-0.15, -0.1) is 0 Å². The summed E-state index contributed by atoms with van der Waals surface area (Å²) in [4.78, 5) is 10.5. The maximum absolute atomic E-state index is 10.5. The average Bonchev–Trinajstić information content (AvgIpc) is 3.20. The quantitative estimate of drug-likeness (QED) is 0.354. The summed E-state index contributed by atoms with van der Waals surface area (Å²) in [5.74, 6) is 1.84. The molecule has 130 valence electrons. The molecule has 0 aromatic carbocycles. The molecule has 0 heterocycles. The van der Waals surface area contributed by atoms with Crippen molar-refractivity contribution in [1.82, 2.24) is 0 Å². The fraction of sp³-hybridized carbons (Fsp3) is 0.950. The molecule has 1 aliphatic carbocycles. The SMILES string of the molecule is CC(C)CCCCCCCCCCC[C@@H]1C[C@H]1CCC(=O)O. The van der Waals surface area contributed by atoms with Crippen molar-refractivity contribution in [1.29, 1.82) is 0 Å². The van der Waals surface area contributed by atoms with Gasteiger partial charge in [-0.1, -0.05) is 84.5 Å². The van der Waals surface area contributed by atoms with Crippen molar-refractivity contribution < 1.29 is 9.90 Å². The predicted octanol–water partition coefficient (Wildman–Crippen LogP) is 6.43. The molecule has 0 saturated heterocycles. The number of hydrogen-bond acceptors (Lipinski definition) is 1. The second-order valence-electron chi connectivity index (χ2n) is 7.84. The molecule has 2 atom stereocenters. The minimum atomic E-state index is -0.630. The first-order valence-electron chi connectivity index (χ1n) is 9.81. The Morgan fingerprint density at radius 3 is 1.91 bits per heavy atom. The van der Waals surface area contributed by atoms with E-state index in [4.69, 9.17) is 5.11 Å². The Morgan fingerprint density at radius 2 is 1.36 bits per heavy atom. The van der Waals surface area contributed by atoms with Gasteiger partial charge in [0.1, 0.15) is 0 Å². The molecule has 0 unspecified atom stereocenters. The van der Waals surface area contributed by atoms with Crippen LogP contribution in [0.15, 0.2) is 0 Å². The Kier molecular flexibility index (Phi) is 10.6. The first-order valence-corrected chi connectivity index (χ1v) is 9.81. The van der Waals surface area contributed by atoms with E-state index in [1.807, 2.05) is 0 Å². The van der Waals surface area contributed by atoms with Gasteiger partial charge in [-0.25, -0.2) is 0 Å². The lowest BCUT2D eigenvalue weighted by Gasteiger charge is -2.04. The van der Waals surface area contributed by atoms with Gasteiger partial charge in [0.2, 0.25) is 0 Å². The summed E-state index contributed by atoms with van der Waals surface area (Å²) >= 11 is 0. The van der Waals surface area contributed by atoms with Crippen molar-refractivity contribution in [3.05, 3.63) is 0 Å². The van der Waals surface area contributed by atoms with E-state index >= 15 is 0 Å². The lowest BCUT2D eigenvalue weighted by atomic mass is 10.0. The van der Waals surface area contributed by atoms with Crippen LogP contribution in [0.4, 0.5) is 0 Å². The molecule has 2 nitrogen and oxygen atoms in total. The van der Waals surface area contributed by atoms with Crippen LogP contribution in [0.5, 0.6) is 0 Å². The van der Waals surface area contributed by atoms with Crippen molar-refractivity contribution in [2.24, 2.45) is 17.8 Å². The zero-order valence-electron chi connectivity index (χ0n) is 15.0. The second-order valence-corrected chi connectivity index (χ2v) is 7.84. The fourth-order valence-electron chi connectivity index (χ4n) is 3.52. The molecule has 0 amide bonds. The highest BCUT2D eigenvalue weighted by Gasteiger charge is 2.35. The third kappa shape index (κ3) is 11.1. The summed E-state index contributed by atoms with van der Waals surface area (Å²) in [5.41, 5.74) is 0. The Bertz CT molecular complexity index is 285. The van der Waals surface area contributed by atoms with Gasteiger partial charge in [0, 0.05) is 6.42 Å². The highest BCUT2D eigenvalue weighted by atomic mass is 16.4. The highest BCUT2D eigenvalue weighted by Crippen LogP contribution is 2.45. The van der Waals surface area contributed by atoms with Gasteiger partial charge < -0.3 is 5.11 Å². The molecule has 0 aromatic heterocycles. The number of carboxylic acids is 1. The van der Waals surface area contributed by atoms with Gasteiger partial charge in [0.25, 0.3) is 0 Å². The van der Waals surface area contributed by atoms with E-state index in [-0.39, 0.29) is 0 Å². The Balaban J connectivity index is 1.73. The lowest BCUT2D eigenvalue weighted by Crippen LogP contribution is -1.95. The largest absolute Gasteiger partial charge is 0.481 e. The zero-order chi connectivity index (χ0) is 16.2. The van der Waals surface area contributed by atoms with E-state index in [0.29, 0.717) is 6.42 Å². The van der Waals surface area contributed by atoms with Crippen LogP contribution in [0.25, 0.3) is 0 Å². The van der Waals surface area contributed by atoms with E-state index < -0.39 is 5.97 Å². The van der Waals surface area contributed by atoms with Crippen LogP contribution in [0, 0.1) is 17.8 Å². The van der Waals surface area contributed by atoms with Crippen LogP contribution in [-0.2, 0) is 4.79 Å². The summed E-state index contributed by atoms with van der Waals surface area (Å²) in [7, 11) is 0. The molecular formula is C20H38O2. The Morgan fingerprint density at radius 1 is 0.864 bits per heavy atom. The normalized spacial score (nSPS) is 20.5. The van der Waals surface area contributed by atoms with E-state index in [0.717, 1.165) is 24.2 Å². The van der Waals surface area contributed by atoms with Crippen LogP contribution < -0.4 is 0 Å². The summed E-state index contributed by atoms with van der Waals surface area (Å²) in [6.45, 7) is 4.63. The summed E-state index contributed by atoms with van der Waals surface area (Å²) < 4.78 is 0. The average molecular weight is 311 g/mol. The molecule has 1 saturated carbocycles. The first kappa shape index (κ1) is 19.5. The van der Waals surface area contributed by atoms with Crippen molar-refractivity contribution in [3.63, 3.8) is 0 Å². The topological polar surface area (TPSA) is 37.3 Å². The number of hydrogen-bond donors (Lipinski definition) is 1. The van der Waals surface area contributed by atoms with E-state index in [9.17, 15) is 4.79 Å². The van der Waals surface area contributed by atoms with Gasteiger partial charge >= 0.3 is 5.97 Å². The van der Waals surface area contributed by atoms with Gasteiger partial charge in [-0.2, -0.15) is 0 Å². The van der Waals surface area contributed by atoms with Crippen molar-refractivity contribution in [3.8, 4) is 0 Å².